The molecule has 18 heavy (non-hydrogen) atoms. The highest BCUT2D eigenvalue weighted by Crippen LogP contribution is 2.52. The molecule has 5 heteroatoms. The van der Waals surface area contributed by atoms with Crippen LogP contribution in [0.5, 0.6) is 0 Å². The summed E-state index contributed by atoms with van der Waals surface area (Å²) in [7, 11) is 0. The minimum Gasteiger partial charge on any atom is -0.297 e. The Kier molecular flexibility index (Phi) is 3.18. The number of aromatic amines is 1. The molecule has 1 heterocycles. The van der Waals surface area contributed by atoms with Crippen molar-refractivity contribution in [3.8, 4) is 0 Å². The van der Waals surface area contributed by atoms with Crippen molar-refractivity contribution >= 4 is 11.6 Å². The topological polar surface area (TPSA) is 54.9 Å². The van der Waals surface area contributed by atoms with Gasteiger partial charge in [-0.15, -0.1) is 0 Å². The van der Waals surface area contributed by atoms with Crippen molar-refractivity contribution in [1.82, 2.24) is 9.55 Å². The average Bonchev–Trinajstić information content (AvgIpc) is 2.79. The van der Waals surface area contributed by atoms with Crippen LogP contribution in [-0.2, 0) is 6.54 Å². The Balaban J connectivity index is 2.45. The van der Waals surface area contributed by atoms with Gasteiger partial charge >= 0.3 is 5.69 Å². The van der Waals surface area contributed by atoms with Crippen LogP contribution in [0.1, 0.15) is 45.6 Å². The van der Waals surface area contributed by atoms with Crippen LogP contribution in [0.4, 0.5) is 0 Å². The summed E-state index contributed by atoms with van der Waals surface area (Å²) in [6.45, 7) is 8.57. The van der Waals surface area contributed by atoms with Crippen LogP contribution < -0.4 is 11.2 Å². The first kappa shape index (κ1) is 13.4. The van der Waals surface area contributed by atoms with Crippen molar-refractivity contribution in [3.05, 3.63) is 31.6 Å². The van der Waals surface area contributed by atoms with E-state index >= 15 is 0 Å². The van der Waals surface area contributed by atoms with Crippen LogP contribution in [0.25, 0.3) is 0 Å². The quantitative estimate of drug-likeness (QED) is 0.858. The van der Waals surface area contributed by atoms with E-state index in [2.05, 4.69) is 18.8 Å². The molecule has 1 fully saturated rings. The normalized spacial score (nSPS) is 21.3. The maximum Gasteiger partial charge on any atom is 0.329 e. The second-order valence-electron chi connectivity index (χ2n) is 6.12. The zero-order valence-electron chi connectivity index (χ0n) is 11.2. The monoisotopic (exact) mass is 270 g/mol. The number of nitrogens with one attached hydrogen (secondary N) is 1. The molecule has 0 saturated heterocycles. The summed E-state index contributed by atoms with van der Waals surface area (Å²) in [4.78, 5) is 26.7. The van der Waals surface area contributed by atoms with Crippen LogP contribution in [0.3, 0.4) is 0 Å². The van der Waals surface area contributed by atoms with Gasteiger partial charge in [-0.3, -0.25) is 14.3 Å². The molecular formula is C13H19ClN2O2. The molecule has 100 valence electrons. The van der Waals surface area contributed by atoms with E-state index in [9.17, 15) is 9.59 Å². The maximum atomic E-state index is 12.3. The highest BCUT2D eigenvalue weighted by Gasteiger charge is 2.45. The van der Waals surface area contributed by atoms with Crippen LogP contribution in [0, 0.1) is 11.3 Å². The van der Waals surface area contributed by atoms with Gasteiger partial charge in [0.15, 0.2) is 0 Å². The van der Waals surface area contributed by atoms with E-state index in [1.807, 2.05) is 13.8 Å². The van der Waals surface area contributed by atoms with Crippen molar-refractivity contribution in [3.63, 3.8) is 0 Å². The van der Waals surface area contributed by atoms with Crippen LogP contribution >= 0.6 is 11.6 Å². The molecule has 4 nitrogen and oxygen atoms in total. The number of hydrogen-bond donors (Lipinski definition) is 1. The second kappa shape index (κ2) is 4.26. The fourth-order valence-corrected chi connectivity index (χ4v) is 2.71. The van der Waals surface area contributed by atoms with E-state index in [0.29, 0.717) is 18.0 Å². The number of hydrogen-bond acceptors (Lipinski definition) is 2. The molecule has 1 atom stereocenters. The number of nitrogens with zero attached hydrogens (tertiary/aromatic N) is 1. The van der Waals surface area contributed by atoms with Gasteiger partial charge in [0.2, 0.25) is 0 Å². The predicted molar refractivity (Wildman–Crippen MR) is 72.3 cm³/mol. The molecule has 1 saturated carbocycles. The SMILES string of the molecule is CC(C)c1c(Cl)[nH]c(=O)n(CC2CC2(C)C)c1=O. The first-order valence-corrected chi connectivity index (χ1v) is 6.64. The van der Waals surface area contributed by atoms with Gasteiger partial charge in [-0.1, -0.05) is 39.3 Å². The average molecular weight is 271 g/mol. The van der Waals surface area contributed by atoms with Crippen LogP contribution in [-0.4, -0.2) is 9.55 Å². The fourth-order valence-electron chi connectivity index (χ4n) is 2.33. The van der Waals surface area contributed by atoms with Crippen LogP contribution in [0.15, 0.2) is 9.59 Å². The Morgan fingerprint density at radius 3 is 2.44 bits per heavy atom. The Hall–Kier alpha value is -1.03. The van der Waals surface area contributed by atoms with Crippen molar-refractivity contribution < 1.29 is 0 Å². The molecular weight excluding hydrogens is 252 g/mol. The highest BCUT2D eigenvalue weighted by molar-refractivity contribution is 6.30. The van der Waals surface area contributed by atoms with Crippen LogP contribution in [0.2, 0.25) is 5.15 Å². The summed E-state index contributed by atoms with van der Waals surface area (Å²) in [6.07, 6.45) is 1.05. The van der Waals surface area contributed by atoms with E-state index in [-0.39, 0.29) is 22.0 Å². The third-order valence-electron chi connectivity index (χ3n) is 3.87. The van der Waals surface area contributed by atoms with Gasteiger partial charge in [-0.2, -0.15) is 0 Å². The molecule has 2 rings (SSSR count). The van der Waals surface area contributed by atoms with E-state index < -0.39 is 5.69 Å². The number of aromatic nitrogens is 2. The first-order chi connectivity index (χ1) is 8.24. The molecule has 0 radical (unpaired) electrons. The van der Waals surface area contributed by atoms with Crippen molar-refractivity contribution in [2.24, 2.45) is 11.3 Å². The molecule has 0 aromatic carbocycles. The largest absolute Gasteiger partial charge is 0.329 e. The van der Waals surface area contributed by atoms with E-state index in [1.54, 1.807) is 0 Å². The third-order valence-corrected chi connectivity index (χ3v) is 4.17. The summed E-state index contributed by atoms with van der Waals surface area (Å²) in [6, 6.07) is 0. The zero-order chi connectivity index (χ0) is 13.7. The molecule has 1 unspecified atom stereocenters. The lowest BCUT2D eigenvalue weighted by molar-refractivity contribution is 0.475. The molecule has 1 aliphatic carbocycles. The lowest BCUT2D eigenvalue weighted by atomic mass is 10.1. The van der Waals surface area contributed by atoms with Crippen molar-refractivity contribution in [2.45, 2.75) is 46.6 Å². The number of H-pyrrole nitrogens is 1. The van der Waals surface area contributed by atoms with E-state index in [1.165, 1.54) is 4.57 Å². The van der Waals surface area contributed by atoms with Crippen molar-refractivity contribution in [2.75, 3.05) is 0 Å². The van der Waals surface area contributed by atoms with Gasteiger partial charge in [0, 0.05) is 6.54 Å². The van der Waals surface area contributed by atoms with Gasteiger partial charge in [-0.25, -0.2) is 4.79 Å². The van der Waals surface area contributed by atoms with Gasteiger partial charge in [0.05, 0.1) is 5.56 Å². The number of halogens is 1. The lowest BCUT2D eigenvalue weighted by Crippen LogP contribution is -2.38. The Morgan fingerprint density at radius 2 is 2.00 bits per heavy atom. The second-order valence-corrected chi connectivity index (χ2v) is 6.50. The summed E-state index contributed by atoms with van der Waals surface area (Å²) in [5.41, 5.74) is 0.0806. The minimum atomic E-state index is -0.405. The molecule has 1 N–H and O–H groups in total. The third kappa shape index (κ3) is 2.26. The molecule has 0 bridgehead atoms. The van der Waals surface area contributed by atoms with Gasteiger partial charge < -0.3 is 0 Å². The highest BCUT2D eigenvalue weighted by atomic mass is 35.5. The van der Waals surface area contributed by atoms with E-state index in [0.717, 1.165) is 6.42 Å². The standard InChI is InChI=1S/C13H19ClN2O2/c1-7(2)9-10(14)15-12(18)16(11(9)17)6-8-5-13(8,3)4/h7-8H,5-6H2,1-4H3,(H,15,18). The molecule has 1 aromatic heterocycles. The fraction of sp³-hybridized carbons (Fsp3) is 0.692. The lowest BCUT2D eigenvalue weighted by Gasteiger charge is -2.11. The number of rotatable bonds is 3. The molecule has 1 aromatic rings. The molecule has 1 aliphatic rings. The Morgan fingerprint density at radius 1 is 1.44 bits per heavy atom. The summed E-state index contributed by atoms with van der Waals surface area (Å²) >= 11 is 5.94. The van der Waals surface area contributed by atoms with Gasteiger partial charge in [-0.05, 0) is 23.7 Å². The molecule has 0 amide bonds. The predicted octanol–water partition coefficient (Wildman–Crippen LogP) is 2.36. The first-order valence-electron chi connectivity index (χ1n) is 6.26. The van der Waals surface area contributed by atoms with Gasteiger partial charge in [0.25, 0.3) is 5.56 Å². The van der Waals surface area contributed by atoms with Gasteiger partial charge in [0.1, 0.15) is 5.15 Å². The maximum absolute atomic E-state index is 12.3. The Bertz CT molecular complexity index is 584. The van der Waals surface area contributed by atoms with Crippen molar-refractivity contribution in [1.29, 1.82) is 0 Å². The summed E-state index contributed by atoms with van der Waals surface area (Å²) < 4.78 is 1.29. The molecule has 0 aliphatic heterocycles. The zero-order valence-corrected chi connectivity index (χ0v) is 12.0. The summed E-state index contributed by atoms with van der Waals surface area (Å²) in [5.74, 6) is 0.401. The minimum absolute atomic E-state index is 0.000290. The van der Waals surface area contributed by atoms with E-state index in [4.69, 9.17) is 11.6 Å². The Labute approximate surface area is 111 Å². The summed E-state index contributed by atoms with van der Waals surface area (Å²) in [5, 5.41) is 0.173. The molecule has 0 spiro atoms. The smallest absolute Gasteiger partial charge is 0.297 e.